The summed E-state index contributed by atoms with van der Waals surface area (Å²) in [6.45, 7) is 7.41. The van der Waals surface area contributed by atoms with E-state index < -0.39 is 47.1 Å². The zero-order valence-corrected chi connectivity index (χ0v) is 23.8. The van der Waals surface area contributed by atoms with Gasteiger partial charge in [0.15, 0.2) is 11.8 Å². The molecule has 42 heavy (non-hydrogen) atoms. The molecule has 0 aliphatic carbocycles. The number of carbonyl (C=O) groups is 2. The molecule has 0 radical (unpaired) electrons. The normalized spacial score (nSPS) is 13.0. The summed E-state index contributed by atoms with van der Waals surface area (Å²) in [5, 5.41) is 9.68. The molecule has 2 aromatic heterocycles. The first-order valence-electron chi connectivity index (χ1n) is 13.3. The Bertz CT molecular complexity index is 1420. The summed E-state index contributed by atoms with van der Waals surface area (Å²) < 4.78 is 59.3. The third kappa shape index (κ3) is 9.61. The quantitative estimate of drug-likeness (QED) is 0.169. The van der Waals surface area contributed by atoms with Crippen molar-refractivity contribution >= 4 is 17.7 Å². The van der Waals surface area contributed by atoms with Crippen LogP contribution in [-0.2, 0) is 22.3 Å². The van der Waals surface area contributed by atoms with Crippen LogP contribution in [0.2, 0.25) is 0 Å². The molecule has 1 unspecified atom stereocenters. The predicted molar refractivity (Wildman–Crippen MR) is 150 cm³/mol. The van der Waals surface area contributed by atoms with Crippen molar-refractivity contribution in [3.05, 3.63) is 66.2 Å². The number of ether oxygens (including phenoxy) is 1. The van der Waals surface area contributed by atoms with Gasteiger partial charge < -0.3 is 15.4 Å². The van der Waals surface area contributed by atoms with E-state index in [1.54, 1.807) is 12.3 Å². The number of alkyl carbamates (subject to hydrolysis) is 1. The van der Waals surface area contributed by atoms with Gasteiger partial charge in [-0.2, -0.15) is 22.7 Å². The summed E-state index contributed by atoms with van der Waals surface area (Å²) in [5.74, 6) is 4.61. The van der Waals surface area contributed by atoms with Crippen LogP contribution in [0.4, 0.5) is 28.2 Å². The Kier molecular flexibility index (Phi) is 10.7. The number of nitrogens with one attached hydrogen (secondary N) is 2. The first-order valence-corrected chi connectivity index (χ1v) is 13.3. The van der Waals surface area contributed by atoms with Gasteiger partial charge in [-0.05, 0) is 36.8 Å². The second kappa shape index (κ2) is 14.0. The zero-order chi connectivity index (χ0) is 30.9. The maximum Gasteiger partial charge on any atom is 0.416 e. The van der Waals surface area contributed by atoms with Gasteiger partial charge in [0.05, 0.1) is 24.3 Å². The fraction of sp³-hybridized carbons (Fsp3) is 0.400. The monoisotopic (exact) mass is 587 g/mol. The van der Waals surface area contributed by atoms with Gasteiger partial charge in [0.2, 0.25) is 5.95 Å². The van der Waals surface area contributed by atoms with Gasteiger partial charge in [0.25, 0.3) is 0 Å². The lowest BCUT2D eigenvalue weighted by Gasteiger charge is -2.30. The lowest BCUT2D eigenvalue weighted by Crippen LogP contribution is -2.46. The van der Waals surface area contributed by atoms with Crippen molar-refractivity contribution in [3.8, 4) is 23.1 Å². The Morgan fingerprint density at radius 3 is 2.40 bits per heavy atom. The highest BCUT2D eigenvalue weighted by atomic mass is 19.4. The average molecular weight is 588 g/mol. The minimum atomic E-state index is -4.43. The van der Waals surface area contributed by atoms with Crippen LogP contribution in [0.1, 0.15) is 46.1 Å². The maximum absolute atomic E-state index is 13.4. The van der Waals surface area contributed by atoms with Crippen LogP contribution >= 0.6 is 0 Å². The van der Waals surface area contributed by atoms with Gasteiger partial charge in [-0.3, -0.25) is 9.48 Å². The number of Topliss-reactive ketones (excluding diaryl/α,β-unsaturated/α-hetero) is 1. The Labute approximate surface area is 241 Å². The van der Waals surface area contributed by atoms with Gasteiger partial charge in [-0.15, -0.1) is 5.92 Å². The maximum atomic E-state index is 13.4. The van der Waals surface area contributed by atoms with E-state index in [1.165, 1.54) is 35.0 Å². The predicted octanol–water partition coefficient (Wildman–Crippen LogP) is 6.10. The van der Waals surface area contributed by atoms with Crippen LogP contribution < -0.4 is 10.6 Å². The Morgan fingerprint density at radius 1 is 1.07 bits per heavy atom. The molecule has 0 spiro atoms. The standard InChI is InChI=1S/C30H33F4N5O3/c1-5-6-7-9-23(24(40)18-35-27-11-8-10-26(31)37-27)36-28(41)42-25(29(2,3)4)19-39-17-16-22(38-39)20-12-14-21(15-13-20)30(32,33)34/h8,10-17,23,25H,5-6,18-19H2,1-4H3,(H,35,37)(H,36,41)/t23?,25-/m1/s1. The molecule has 1 aromatic carbocycles. The average Bonchev–Trinajstić information content (AvgIpc) is 3.39. The molecule has 0 fully saturated rings. The van der Waals surface area contributed by atoms with Crippen molar-refractivity contribution in [2.45, 2.75) is 65.4 Å². The van der Waals surface area contributed by atoms with E-state index in [9.17, 15) is 27.2 Å². The molecule has 0 bridgehead atoms. The molecule has 12 heteroatoms. The number of rotatable bonds is 10. The van der Waals surface area contributed by atoms with Crippen LogP contribution in [-0.4, -0.2) is 45.3 Å². The van der Waals surface area contributed by atoms with Crippen molar-refractivity contribution in [1.82, 2.24) is 20.1 Å². The fourth-order valence-corrected chi connectivity index (χ4v) is 3.67. The number of aromatic nitrogens is 3. The van der Waals surface area contributed by atoms with E-state index in [0.717, 1.165) is 18.6 Å². The van der Waals surface area contributed by atoms with Gasteiger partial charge >= 0.3 is 12.3 Å². The van der Waals surface area contributed by atoms with Crippen molar-refractivity contribution in [1.29, 1.82) is 0 Å². The lowest BCUT2D eigenvalue weighted by atomic mass is 9.89. The SMILES string of the molecule is CCCC#CC(NC(=O)O[C@H](Cn1ccc(-c2ccc(C(F)(F)F)cc2)n1)C(C)(C)C)C(=O)CNc1cccc(F)n1. The summed E-state index contributed by atoms with van der Waals surface area (Å²) in [5.41, 5.74) is -0.342. The van der Waals surface area contributed by atoms with E-state index in [0.29, 0.717) is 17.7 Å². The Hall–Kier alpha value is -4.40. The summed E-state index contributed by atoms with van der Waals surface area (Å²) in [6, 6.07) is 9.27. The molecule has 2 atom stereocenters. The number of pyridine rings is 1. The van der Waals surface area contributed by atoms with Crippen LogP contribution in [0.5, 0.6) is 0 Å². The summed E-state index contributed by atoms with van der Waals surface area (Å²) >= 11 is 0. The number of ketones is 1. The van der Waals surface area contributed by atoms with E-state index in [4.69, 9.17) is 4.74 Å². The molecular formula is C30H33F4N5O3. The number of hydrogen-bond donors (Lipinski definition) is 2. The Balaban J connectivity index is 1.68. The smallest absolute Gasteiger partial charge is 0.416 e. The molecule has 0 saturated heterocycles. The van der Waals surface area contributed by atoms with E-state index in [1.807, 2.05) is 27.7 Å². The van der Waals surface area contributed by atoms with Crippen molar-refractivity contribution < 1.29 is 31.9 Å². The van der Waals surface area contributed by atoms with Gasteiger partial charge in [-0.25, -0.2) is 9.78 Å². The molecular weight excluding hydrogens is 554 g/mol. The van der Waals surface area contributed by atoms with Crippen molar-refractivity contribution in [2.24, 2.45) is 5.41 Å². The van der Waals surface area contributed by atoms with Crippen LogP contribution in [0.3, 0.4) is 0 Å². The second-order valence-electron chi connectivity index (χ2n) is 10.6. The molecule has 3 rings (SSSR count). The number of hydrogen-bond acceptors (Lipinski definition) is 6. The molecule has 0 aliphatic heterocycles. The Morgan fingerprint density at radius 2 is 1.79 bits per heavy atom. The molecule has 1 amide bonds. The number of halogens is 4. The number of unbranched alkanes of at least 4 members (excludes halogenated alkanes) is 1. The number of nitrogens with zero attached hydrogens (tertiary/aromatic N) is 3. The topological polar surface area (TPSA) is 98.1 Å². The minimum Gasteiger partial charge on any atom is -0.444 e. The third-order valence-electron chi connectivity index (χ3n) is 6.08. The van der Waals surface area contributed by atoms with Crippen molar-refractivity contribution in [2.75, 3.05) is 11.9 Å². The number of anilines is 1. The van der Waals surface area contributed by atoms with Gasteiger partial charge in [-0.1, -0.05) is 51.8 Å². The largest absolute Gasteiger partial charge is 0.444 e. The number of alkyl halides is 3. The molecule has 8 nitrogen and oxygen atoms in total. The molecule has 0 aliphatic rings. The van der Waals surface area contributed by atoms with E-state index >= 15 is 0 Å². The number of carbonyl (C=O) groups excluding carboxylic acids is 2. The summed E-state index contributed by atoms with van der Waals surface area (Å²) in [6.07, 6.45) is -3.08. The number of benzene rings is 1. The zero-order valence-electron chi connectivity index (χ0n) is 23.8. The molecule has 224 valence electrons. The minimum absolute atomic E-state index is 0.143. The van der Waals surface area contributed by atoms with Crippen LogP contribution in [0.15, 0.2) is 54.7 Å². The first-order chi connectivity index (χ1) is 19.8. The summed E-state index contributed by atoms with van der Waals surface area (Å²) in [7, 11) is 0. The van der Waals surface area contributed by atoms with Gasteiger partial charge in [0, 0.05) is 23.6 Å². The fourth-order valence-electron chi connectivity index (χ4n) is 3.67. The highest BCUT2D eigenvalue weighted by Crippen LogP contribution is 2.31. The molecule has 0 saturated carbocycles. The van der Waals surface area contributed by atoms with Gasteiger partial charge in [0.1, 0.15) is 11.9 Å². The van der Waals surface area contributed by atoms with Crippen LogP contribution in [0, 0.1) is 23.2 Å². The molecule has 3 aromatic rings. The first kappa shape index (κ1) is 32.1. The second-order valence-corrected chi connectivity index (χ2v) is 10.6. The lowest BCUT2D eigenvalue weighted by molar-refractivity contribution is -0.137. The summed E-state index contributed by atoms with van der Waals surface area (Å²) in [4.78, 5) is 29.5. The van der Waals surface area contributed by atoms with Crippen molar-refractivity contribution in [3.63, 3.8) is 0 Å². The third-order valence-corrected chi connectivity index (χ3v) is 6.08. The van der Waals surface area contributed by atoms with E-state index in [2.05, 4.69) is 32.6 Å². The van der Waals surface area contributed by atoms with E-state index in [-0.39, 0.29) is 18.9 Å². The van der Waals surface area contributed by atoms with Crippen LogP contribution in [0.25, 0.3) is 11.3 Å². The highest BCUT2D eigenvalue weighted by molar-refractivity contribution is 5.93. The molecule has 2 heterocycles. The molecule has 2 N–H and O–H groups in total. The number of amides is 1. The highest BCUT2D eigenvalue weighted by Gasteiger charge is 2.31.